The third kappa shape index (κ3) is 3.25. The van der Waals surface area contributed by atoms with E-state index in [1.165, 1.54) is 29.1 Å². The van der Waals surface area contributed by atoms with Gasteiger partial charge in [0.2, 0.25) is 0 Å². The first-order valence-corrected chi connectivity index (χ1v) is 8.93. The van der Waals surface area contributed by atoms with Gasteiger partial charge in [-0.2, -0.15) is 23.5 Å². The SMILES string of the molecule is CCc1cccc(C(N)C2SCCSC2CC)c1. The molecule has 0 bridgehead atoms. The van der Waals surface area contributed by atoms with Crippen molar-refractivity contribution in [1.29, 1.82) is 0 Å². The van der Waals surface area contributed by atoms with Crippen LogP contribution in [0, 0.1) is 0 Å². The van der Waals surface area contributed by atoms with Gasteiger partial charge in [-0.3, -0.25) is 0 Å². The summed E-state index contributed by atoms with van der Waals surface area (Å²) in [6, 6.07) is 9.00. The average molecular weight is 281 g/mol. The van der Waals surface area contributed by atoms with Gasteiger partial charge in [-0.1, -0.05) is 38.1 Å². The quantitative estimate of drug-likeness (QED) is 0.907. The monoisotopic (exact) mass is 281 g/mol. The normalized spacial score (nSPS) is 25.9. The summed E-state index contributed by atoms with van der Waals surface area (Å²) in [5, 5.41) is 1.28. The van der Waals surface area contributed by atoms with E-state index < -0.39 is 0 Å². The Labute approximate surface area is 119 Å². The van der Waals surface area contributed by atoms with Crippen molar-refractivity contribution in [1.82, 2.24) is 0 Å². The van der Waals surface area contributed by atoms with Crippen LogP contribution in [0.3, 0.4) is 0 Å². The third-order valence-electron chi connectivity index (χ3n) is 3.59. The molecule has 18 heavy (non-hydrogen) atoms. The largest absolute Gasteiger partial charge is 0.323 e. The van der Waals surface area contributed by atoms with Crippen molar-refractivity contribution in [3.63, 3.8) is 0 Å². The van der Waals surface area contributed by atoms with Gasteiger partial charge in [-0.25, -0.2) is 0 Å². The van der Waals surface area contributed by atoms with E-state index in [4.69, 9.17) is 5.73 Å². The molecule has 0 amide bonds. The Balaban J connectivity index is 2.15. The topological polar surface area (TPSA) is 26.0 Å². The van der Waals surface area contributed by atoms with Crippen LogP contribution >= 0.6 is 23.5 Å². The predicted octanol–water partition coefficient (Wildman–Crippen LogP) is 3.88. The molecule has 1 fully saturated rings. The van der Waals surface area contributed by atoms with Crippen LogP contribution in [0.25, 0.3) is 0 Å². The van der Waals surface area contributed by atoms with Crippen LogP contribution in [0.5, 0.6) is 0 Å². The van der Waals surface area contributed by atoms with Crippen LogP contribution in [0.4, 0.5) is 0 Å². The Hall–Kier alpha value is -0.120. The fraction of sp³-hybridized carbons (Fsp3) is 0.600. The van der Waals surface area contributed by atoms with E-state index in [1.54, 1.807) is 0 Å². The second kappa shape index (κ2) is 6.88. The summed E-state index contributed by atoms with van der Waals surface area (Å²) in [6.07, 6.45) is 2.31. The Bertz CT molecular complexity index is 381. The lowest BCUT2D eigenvalue weighted by Gasteiger charge is -2.34. The van der Waals surface area contributed by atoms with E-state index in [9.17, 15) is 0 Å². The summed E-state index contributed by atoms with van der Waals surface area (Å²) in [5.41, 5.74) is 9.23. The van der Waals surface area contributed by atoms with Crippen molar-refractivity contribution >= 4 is 23.5 Å². The first kappa shape index (κ1) is 14.3. The molecule has 0 aliphatic carbocycles. The van der Waals surface area contributed by atoms with Gasteiger partial charge in [0.05, 0.1) is 0 Å². The zero-order chi connectivity index (χ0) is 13.0. The molecule has 3 unspecified atom stereocenters. The third-order valence-corrected chi connectivity index (χ3v) is 6.96. The second-order valence-corrected chi connectivity index (χ2v) is 7.41. The van der Waals surface area contributed by atoms with E-state index >= 15 is 0 Å². The Morgan fingerprint density at radius 2 is 2.06 bits per heavy atom. The van der Waals surface area contributed by atoms with Gasteiger partial charge in [0.15, 0.2) is 0 Å². The highest BCUT2D eigenvalue weighted by Gasteiger charge is 2.30. The maximum atomic E-state index is 6.53. The number of rotatable bonds is 4. The molecule has 0 spiro atoms. The zero-order valence-corrected chi connectivity index (χ0v) is 12.9. The summed E-state index contributed by atoms with van der Waals surface area (Å²) < 4.78 is 0. The molecule has 0 radical (unpaired) electrons. The maximum absolute atomic E-state index is 6.53. The number of hydrogen-bond acceptors (Lipinski definition) is 3. The minimum Gasteiger partial charge on any atom is -0.323 e. The smallest absolute Gasteiger partial charge is 0.0426 e. The highest BCUT2D eigenvalue weighted by atomic mass is 32.2. The van der Waals surface area contributed by atoms with Crippen molar-refractivity contribution in [2.45, 2.75) is 43.2 Å². The molecule has 2 rings (SSSR count). The maximum Gasteiger partial charge on any atom is 0.0426 e. The minimum atomic E-state index is 0.180. The lowest BCUT2D eigenvalue weighted by atomic mass is 9.98. The molecule has 1 aliphatic heterocycles. The highest BCUT2D eigenvalue weighted by molar-refractivity contribution is 8.07. The van der Waals surface area contributed by atoms with Crippen LogP contribution < -0.4 is 5.73 Å². The summed E-state index contributed by atoms with van der Waals surface area (Å²) in [4.78, 5) is 0. The van der Waals surface area contributed by atoms with Gasteiger partial charge >= 0.3 is 0 Å². The molecule has 1 heterocycles. The van der Waals surface area contributed by atoms with Crippen LogP contribution in [-0.4, -0.2) is 22.0 Å². The van der Waals surface area contributed by atoms with E-state index in [-0.39, 0.29) is 6.04 Å². The van der Waals surface area contributed by atoms with Gasteiger partial charge in [-0.05, 0) is 24.0 Å². The van der Waals surface area contributed by atoms with Crippen molar-refractivity contribution in [2.75, 3.05) is 11.5 Å². The number of thioether (sulfide) groups is 2. The summed E-state index contributed by atoms with van der Waals surface area (Å²) >= 11 is 4.17. The molecule has 3 atom stereocenters. The van der Waals surface area contributed by atoms with Crippen molar-refractivity contribution in [3.8, 4) is 0 Å². The highest BCUT2D eigenvalue weighted by Crippen LogP contribution is 2.39. The molecule has 1 aromatic carbocycles. The lowest BCUT2D eigenvalue weighted by molar-refractivity contribution is 0.630. The van der Waals surface area contributed by atoms with E-state index in [2.05, 4.69) is 61.6 Å². The van der Waals surface area contributed by atoms with Crippen LogP contribution in [0.15, 0.2) is 24.3 Å². The molecule has 1 nitrogen and oxygen atoms in total. The number of aryl methyl sites for hydroxylation is 1. The molecule has 3 heteroatoms. The van der Waals surface area contributed by atoms with Crippen LogP contribution in [-0.2, 0) is 6.42 Å². The predicted molar refractivity (Wildman–Crippen MR) is 85.5 cm³/mol. The molecule has 100 valence electrons. The molecular formula is C15H23NS2. The van der Waals surface area contributed by atoms with Crippen LogP contribution in [0.1, 0.15) is 37.4 Å². The van der Waals surface area contributed by atoms with Gasteiger partial charge in [-0.15, -0.1) is 0 Å². The Morgan fingerprint density at radius 3 is 2.78 bits per heavy atom. The fourth-order valence-electron chi connectivity index (χ4n) is 2.48. The lowest BCUT2D eigenvalue weighted by Crippen LogP contribution is -2.35. The molecule has 1 saturated heterocycles. The summed E-state index contributed by atoms with van der Waals surface area (Å²) in [6.45, 7) is 4.48. The summed E-state index contributed by atoms with van der Waals surface area (Å²) in [5.74, 6) is 2.52. The number of nitrogens with two attached hydrogens (primary N) is 1. The Morgan fingerprint density at radius 1 is 1.28 bits per heavy atom. The molecule has 0 aromatic heterocycles. The van der Waals surface area contributed by atoms with Crippen molar-refractivity contribution in [2.24, 2.45) is 5.73 Å². The first-order chi connectivity index (χ1) is 8.76. The van der Waals surface area contributed by atoms with E-state index in [1.807, 2.05) is 0 Å². The molecule has 1 aromatic rings. The van der Waals surface area contributed by atoms with E-state index in [0.29, 0.717) is 10.5 Å². The summed E-state index contributed by atoms with van der Waals surface area (Å²) in [7, 11) is 0. The second-order valence-electron chi connectivity index (χ2n) is 4.78. The van der Waals surface area contributed by atoms with Crippen molar-refractivity contribution < 1.29 is 0 Å². The van der Waals surface area contributed by atoms with Gasteiger partial charge in [0.1, 0.15) is 0 Å². The minimum absolute atomic E-state index is 0.180. The van der Waals surface area contributed by atoms with Gasteiger partial charge in [0.25, 0.3) is 0 Å². The van der Waals surface area contributed by atoms with Gasteiger partial charge in [0, 0.05) is 28.0 Å². The fourth-order valence-corrected chi connectivity index (χ4v) is 5.66. The van der Waals surface area contributed by atoms with Gasteiger partial charge < -0.3 is 5.73 Å². The number of benzene rings is 1. The standard InChI is InChI=1S/C15H23NS2/c1-3-11-6-5-7-12(10-11)14(16)15-13(4-2)17-8-9-18-15/h5-7,10,13-15H,3-4,8-9,16H2,1-2H3. The number of hydrogen-bond donors (Lipinski definition) is 1. The molecular weight excluding hydrogens is 258 g/mol. The zero-order valence-electron chi connectivity index (χ0n) is 11.3. The first-order valence-electron chi connectivity index (χ1n) is 6.83. The molecule has 1 aliphatic rings. The molecule has 2 N–H and O–H groups in total. The molecule has 0 saturated carbocycles. The average Bonchev–Trinajstić information content (AvgIpc) is 2.46. The van der Waals surface area contributed by atoms with E-state index in [0.717, 1.165) is 6.42 Å². The van der Waals surface area contributed by atoms with Crippen molar-refractivity contribution in [3.05, 3.63) is 35.4 Å². The van der Waals surface area contributed by atoms with Crippen LogP contribution in [0.2, 0.25) is 0 Å². The Kier molecular flexibility index (Phi) is 5.46.